The number of amides is 2. The summed E-state index contributed by atoms with van der Waals surface area (Å²) in [5.41, 5.74) is -0.0981. The first-order chi connectivity index (χ1) is 13.8. The fraction of sp³-hybridized carbons (Fsp3) is 0.333. The molecule has 0 saturated heterocycles. The van der Waals surface area contributed by atoms with E-state index in [-0.39, 0.29) is 30.5 Å². The summed E-state index contributed by atoms with van der Waals surface area (Å²) >= 11 is 0. The average Bonchev–Trinajstić information content (AvgIpc) is 3.51. The summed E-state index contributed by atoms with van der Waals surface area (Å²) in [6.45, 7) is 0.400. The van der Waals surface area contributed by atoms with Gasteiger partial charge in [-0.3, -0.25) is 9.59 Å². The Kier molecular flexibility index (Phi) is 6.10. The molecule has 8 heteroatoms. The number of hydrogen-bond acceptors (Lipinski definition) is 3. The van der Waals surface area contributed by atoms with Crippen molar-refractivity contribution in [3.8, 4) is 5.75 Å². The normalized spacial score (nSPS) is 18.1. The van der Waals surface area contributed by atoms with Gasteiger partial charge in [0.1, 0.15) is 5.75 Å². The molecule has 2 aromatic carbocycles. The smallest absolute Gasteiger partial charge is 0.416 e. The molecule has 0 aromatic heterocycles. The maximum atomic E-state index is 13.1. The molecule has 0 heterocycles. The Hall–Kier alpha value is -3.03. The summed E-state index contributed by atoms with van der Waals surface area (Å²) in [5.74, 6) is -0.958. The highest BCUT2D eigenvalue weighted by molar-refractivity contribution is 5.94. The third-order valence-corrected chi connectivity index (χ3v) is 4.83. The molecule has 1 aliphatic carbocycles. The second-order valence-electron chi connectivity index (χ2n) is 6.81. The van der Waals surface area contributed by atoms with Crippen molar-refractivity contribution >= 4 is 11.8 Å². The number of ether oxygens (including phenoxy) is 1. The zero-order valence-corrected chi connectivity index (χ0v) is 15.8. The lowest BCUT2D eigenvalue weighted by atomic mass is 10.0. The second-order valence-corrected chi connectivity index (χ2v) is 6.81. The number of nitrogens with one attached hydrogen (secondary N) is 2. The first kappa shape index (κ1) is 20.7. The summed E-state index contributed by atoms with van der Waals surface area (Å²) in [7, 11) is 1.50. The van der Waals surface area contributed by atoms with Crippen molar-refractivity contribution in [3.05, 3.63) is 65.2 Å². The number of hydrogen-bond donors (Lipinski definition) is 2. The molecule has 2 atom stereocenters. The minimum atomic E-state index is -4.44. The summed E-state index contributed by atoms with van der Waals surface area (Å²) in [6.07, 6.45) is -4.06. The molecule has 29 heavy (non-hydrogen) atoms. The zero-order chi connectivity index (χ0) is 21.0. The van der Waals surface area contributed by atoms with Crippen LogP contribution in [0.15, 0.2) is 48.5 Å². The Bertz CT molecular complexity index is 899. The van der Waals surface area contributed by atoms with Crippen LogP contribution in [0.2, 0.25) is 0 Å². The van der Waals surface area contributed by atoms with Gasteiger partial charge in [-0.1, -0.05) is 24.3 Å². The Labute approximate surface area is 166 Å². The van der Waals surface area contributed by atoms with Gasteiger partial charge in [-0.05, 0) is 42.2 Å². The highest BCUT2D eigenvalue weighted by Crippen LogP contribution is 2.50. The maximum absolute atomic E-state index is 13.1. The fourth-order valence-electron chi connectivity index (χ4n) is 3.27. The lowest BCUT2D eigenvalue weighted by molar-refractivity contribution is -0.138. The van der Waals surface area contributed by atoms with E-state index in [4.69, 9.17) is 4.74 Å². The maximum Gasteiger partial charge on any atom is 0.416 e. The summed E-state index contributed by atoms with van der Waals surface area (Å²) in [4.78, 5) is 24.3. The molecule has 5 nitrogen and oxygen atoms in total. The molecule has 0 bridgehead atoms. The predicted octanol–water partition coefficient (Wildman–Crippen LogP) is 3.36. The lowest BCUT2D eigenvalue weighted by Crippen LogP contribution is -2.35. The van der Waals surface area contributed by atoms with Gasteiger partial charge in [0.15, 0.2) is 0 Å². The SMILES string of the molecule is COc1cccc(C(=O)NCCNC(=O)C2CC2c2ccccc2C(F)(F)F)c1. The quantitative estimate of drug-likeness (QED) is 0.693. The van der Waals surface area contributed by atoms with Gasteiger partial charge in [0.2, 0.25) is 5.91 Å². The number of carbonyl (C=O) groups excluding carboxylic acids is 2. The van der Waals surface area contributed by atoms with Crippen molar-refractivity contribution in [2.75, 3.05) is 20.2 Å². The van der Waals surface area contributed by atoms with Crippen molar-refractivity contribution in [2.45, 2.75) is 18.5 Å². The summed E-state index contributed by atoms with van der Waals surface area (Å²) < 4.78 is 44.4. The van der Waals surface area contributed by atoms with E-state index in [2.05, 4.69) is 10.6 Å². The van der Waals surface area contributed by atoms with E-state index in [9.17, 15) is 22.8 Å². The third-order valence-electron chi connectivity index (χ3n) is 4.83. The Morgan fingerprint density at radius 3 is 2.52 bits per heavy atom. The Balaban J connectivity index is 1.46. The van der Waals surface area contributed by atoms with E-state index in [1.54, 1.807) is 30.3 Å². The molecule has 2 unspecified atom stereocenters. The molecule has 0 spiro atoms. The van der Waals surface area contributed by atoms with Crippen LogP contribution < -0.4 is 15.4 Å². The highest BCUT2D eigenvalue weighted by Gasteiger charge is 2.47. The largest absolute Gasteiger partial charge is 0.497 e. The standard InChI is InChI=1S/C21H21F3N2O3/c1-29-14-6-4-5-13(11-14)19(27)25-9-10-26-20(28)17-12-16(17)15-7-2-3-8-18(15)21(22,23)24/h2-8,11,16-17H,9-10,12H2,1H3,(H,25,27)(H,26,28). The van der Waals surface area contributed by atoms with Crippen LogP contribution in [0.1, 0.15) is 33.8 Å². The van der Waals surface area contributed by atoms with Gasteiger partial charge in [0.05, 0.1) is 12.7 Å². The average molecular weight is 406 g/mol. The van der Waals surface area contributed by atoms with Crippen molar-refractivity contribution < 1.29 is 27.5 Å². The highest BCUT2D eigenvalue weighted by atomic mass is 19.4. The van der Waals surface area contributed by atoms with Crippen molar-refractivity contribution in [1.29, 1.82) is 0 Å². The van der Waals surface area contributed by atoms with E-state index in [0.717, 1.165) is 6.07 Å². The lowest BCUT2D eigenvalue weighted by Gasteiger charge is -2.12. The molecule has 2 N–H and O–H groups in total. The predicted molar refractivity (Wildman–Crippen MR) is 101 cm³/mol. The number of alkyl halides is 3. The van der Waals surface area contributed by atoms with Crippen LogP contribution in [-0.4, -0.2) is 32.0 Å². The molecular weight excluding hydrogens is 385 g/mol. The molecule has 0 radical (unpaired) electrons. The van der Waals surface area contributed by atoms with Gasteiger partial charge < -0.3 is 15.4 Å². The van der Waals surface area contributed by atoms with Crippen LogP contribution in [0.5, 0.6) is 5.75 Å². The van der Waals surface area contributed by atoms with Gasteiger partial charge in [-0.2, -0.15) is 13.2 Å². The molecule has 1 fully saturated rings. The summed E-state index contributed by atoms with van der Waals surface area (Å²) in [5, 5.41) is 5.35. The van der Waals surface area contributed by atoms with Gasteiger partial charge in [-0.25, -0.2) is 0 Å². The number of halogens is 3. The molecular formula is C21H21F3N2O3. The van der Waals surface area contributed by atoms with Crippen LogP contribution in [0.25, 0.3) is 0 Å². The Morgan fingerprint density at radius 2 is 1.79 bits per heavy atom. The van der Waals surface area contributed by atoms with Crippen LogP contribution in [-0.2, 0) is 11.0 Å². The van der Waals surface area contributed by atoms with Crippen molar-refractivity contribution in [1.82, 2.24) is 10.6 Å². The molecule has 154 valence electrons. The molecule has 2 aromatic rings. The van der Waals surface area contributed by atoms with E-state index in [1.165, 1.54) is 19.2 Å². The number of rotatable bonds is 7. The van der Waals surface area contributed by atoms with E-state index in [1.807, 2.05) is 0 Å². The summed E-state index contributed by atoms with van der Waals surface area (Å²) in [6, 6.07) is 12.0. The third kappa shape index (κ3) is 5.07. The van der Waals surface area contributed by atoms with E-state index < -0.39 is 23.6 Å². The van der Waals surface area contributed by atoms with Gasteiger partial charge in [0, 0.05) is 24.6 Å². The zero-order valence-electron chi connectivity index (χ0n) is 15.8. The van der Waals surface area contributed by atoms with Crippen LogP contribution in [0.4, 0.5) is 13.2 Å². The topological polar surface area (TPSA) is 67.4 Å². The Morgan fingerprint density at radius 1 is 1.07 bits per heavy atom. The van der Waals surface area contributed by atoms with Crippen LogP contribution in [0.3, 0.4) is 0 Å². The van der Waals surface area contributed by atoms with Crippen molar-refractivity contribution in [2.24, 2.45) is 5.92 Å². The first-order valence-corrected chi connectivity index (χ1v) is 9.17. The fourth-order valence-corrected chi connectivity index (χ4v) is 3.27. The minimum Gasteiger partial charge on any atom is -0.497 e. The molecule has 1 saturated carbocycles. The first-order valence-electron chi connectivity index (χ1n) is 9.17. The molecule has 1 aliphatic rings. The van der Waals surface area contributed by atoms with E-state index >= 15 is 0 Å². The number of methoxy groups -OCH3 is 1. The number of benzene rings is 2. The monoisotopic (exact) mass is 406 g/mol. The van der Waals surface area contributed by atoms with Gasteiger partial charge >= 0.3 is 6.18 Å². The van der Waals surface area contributed by atoms with Crippen molar-refractivity contribution in [3.63, 3.8) is 0 Å². The van der Waals surface area contributed by atoms with E-state index in [0.29, 0.717) is 17.7 Å². The minimum absolute atomic E-state index is 0.159. The molecule has 2 amide bonds. The van der Waals surface area contributed by atoms with Gasteiger partial charge in [-0.15, -0.1) is 0 Å². The molecule has 0 aliphatic heterocycles. The number of carbonyl (C=O) groups is 2. The second kappa shape index (κ2) is 8.55. The van der Waals surface area contributed by atoms with Crippen LogP contribution in [0, 0.1) is 5.92 Å². The molecule has 3 rings (SSSR count). The van der Waals surface area contributed by atoms with Gasteiger partial charge in [0.25, 0.3) is 5.91 Å². The van der Waals surface area contributed by atoms with Crippen LogP contribution >= 0.6 is 0 Å².